The van der Waals surface area contributed by atoms with Crippen LogP contribution in [0.4, 0.5) is 5.69 Å². The number of piperidine rings is 1. The van der Waals surface area contributed by atoms with Gasteiger partial charge >= 0.3 is 0 Å². The van der Waals surface area contributed by atoms with Crippen LogP contribution in [0.3, 0.4) is 0 Å². The van der Waals surface area contributed by atoms with Gasteiger partial charge in [-0.05, 0) is 55.3 Å². The molecule has 1 saturated heterocycles. The number of furan rings is 1. The number of nitrogens with one attached hydrogen (secondary N) is 2. The van der Waals surface area contributed by atoms with Crippen LogP contribution in [0.15, 0.2) is 76.2 Å². The van der Waals surface area contributed by atoms with E-state index < -0.39 is 10.0 Å². The van der Waals surface area contributed by atoms with Gasteiger partial charge < -0.3 is 19.7 Å². The summed E-state index contributed by atoms with van der Waals surface area (Å²) < 4.78 is 32.9. The quantitative estimate of drug-likeness (QED) is 0.443. The van der Waals surface area contributed by atoms with E-state index in [0.29, 0.717) is 37.4 Å². The number of hydrogen-bond donors (Lipinski definition) is 3. The van der Waals surface area contributed by atoms with E-state index in [0.717, 1.165) is 0 Å². The Balaban J connectivity index is 1.36. The fourth-order valence-electron chi connectivity index (χ4n) is 3.80. The number of carbonyl (C=O) groups is 2. The van der Waals surface area contributed by atoms with E-state index in [1.165, 1.54) is 30.5 Å². The first-order chi connectivity index (χ1) is 16.3. The van der Waals surface area contributed by atoms with Crippen LogP contribution in [0.25, 0.3) is 0 Å². The smallest absolute Gasteiger partial charge is 0.253 e. The third-order valence-electron chi connectivity index (χ3n) is 5.72. The molecular weight excluding hydrogens is 458 g/mol. The van der Waals surface area contributed by atoms with Crippen molar-refractivity contribution in [2.75, 3.05) is 18.4 Å². The minimum Gasteiger partial charge on any atom is -0.506 e. The van der Waals surface area contributed by atoms with Crippen molar-refractivity contribution in [1.82, 2.24) is 9.62 Å². The third-order valence-corrected chi connectivity index (χ3v) is 7.12. The molecule has 178 valence electrons. The lowest BCUT2D eigenvalue weighted by molar-refractivity contribution is -0.121. The van der Waals surface area contributed by atoms with Crippen molar-refractivity contribution in [2.45, 2.75) is 24.3 Å². The Morgan fingerprint density at radius 2 is 1.79 bits per heavy atom. The molecule has 34 heavy (non-hydrogen) atoms. The molecule has 0 saturated carbocycles. The molecule has 0 aliphatic carbocycles. The van der Waals surface area contributed by atoms with Gasteiger partial charge in [-0.3, -0.25) is 9.59 Å². The van der Waals surface area contributed by atoms with Crippen molar-refractivity contribution in [3.05, 3.63) is 78.3 Å². The number of rotatable bonds is 7. The van der Waals surface area contributed by atoms with Gasteiger partial charge in [-0.1, -0.05) is 18.2 Å². The minimum atomic E-state index is -3.83. The summed E-state index contributed by atoms with van der Waals surface area (Å²) in [5, 5.41) is 12.6. The van der Waals surface area contributed by atoms with Crippen LogP contribution in [0.2, 0.25) is 0 Å². The lowest BCUT2D eigenvalue weighted by atomic mass is 9.95. The second-order valence-electron chi connectivity index (χ2n) is 8.00. The number of likely N-dealkylation sites (tertiary alicyclic amines) is 1. The maximum absolute atomic E-state index is 13.0. The zero-order valence-corrected chi connectivity index (χ0v) is 19.1. The summed E-state index contributed by atoms with van der Waals surface area (Å²) in [7, 11) is -3.83. The summed E-state index contributed by atoms with van der Waals surface area (Å²) in [5.74, 6) is -0.310. The zero-order valence-electron chi connectivity index (χ0n) is 18.3. The number of sulfonamides is 1. The molecule has 3 N–H and O–H groups in total. The number of benzene rings is 2. The monoisotopic (exact) mass is 483 g/mol. The molecule has 0 spiro atoms. The van der Waals surface area contributed by atoms with Crippen molar-refractivity contribution in [1.29, 1.82) is 0 Å². The number of amides is 2. The van der Waals surface area contributed by atoms with Crippen LogP contribution < -0.4 is 10.0 Å². The van der Waals surface area contributed by atoms with Gasteiger partial charge in [0.15, 0.2) is 0 Å². The number of para-hydroxylation sites is 2. The summed E-state index contributed by atoms with van der Waals surface area (Å²) in [4.78, 5) is 27.2. The van der Waals surface area contributed by atoms with E-state index in [4.69, 9.17) is 4.42 Å². The maximum atomic E-state index is 13.0. The van der Waals surface area contributed by atoms with Crippen molar-refractivity contribution < 1.29 is 27.5 Å². The van der Waals surface area contributed by atoms with E-state index >= 15 is 0 Å². The molecular formula is C24H25N3O6S. The molecule has 2 aromatic carbocycles. The van der Waals surface area contributed by atoms with Gasteiger partial charge in [-0.2, -0.15) is 0 Å². The fraction of sp³-hybridized carbons (Fsp3) is 0.250. The number of hydrogen-bond acceptors (Lipinski definition) is 6. The Labute approximate surface area is 197 Å². The number of phenols is 1. The highest BCUT2D eigenvalue weighted by Crippen LogP contribution is 2.25. The van der Waals surface area contributed by atoms with Gasteiger partial charge in [-0.25, -0.2) is 13.1 Å². The summed E-state index contributed by atoms with van der Waals surface area (Å²) in [6.45, 7) is 0.737. The summed E-state index contributed by atoms with van der Waals surface area (Å²) in [6.07, 6.45) is 2.39. The summed E-state index contributed by atoms with van der Waals surface area (Å²) in [5.41, 5.74) is 0.614. The van der Waals surface area contributed by atoms with Gasteiger partial charge in [0.2, 0.25) is 15.9 Å². The number of aromatic hydroxyl groups is 1. The molecule has 2 heterocycles. The molecule has 4 rings (SSSR count). The maximum Gasteiger partial charge on any atom is 0.253 e. The second-order valence-corrected chi connectivity index (χ2v) is 9.77. The highest BCUT2D eigenvalue weighted by Gasteiger charge is 2.28. The van der Waals surface area contributed by atoms with Crippen LogP contribution in [0.1, 0.15) is 29.0 Å². The van der Waals surface area contributed by atoms with E-state index in [1.807, 2.05) is 0 Å². The Morgan fingerprint density at radius 3 is 2.50 bits per heavy atom. The van der Waals surface area contributed by atoms with E-state index in [9.17, 15) is 23.1 Å². The largest absolute Gasteiger partial charge is 0.506 e. The predicted octanol–water partition coefficient (Wildman–Crippen LogP) is 2.95. The average Bonchev–Trinajstić information content (AvgIpc) is 3.38. The molecule has 3 aromatic rings. The molecule has 1 aromatic heterocycles. The predicted molar refractivity (Wildman–Crippen MR) is 125 cm³/mol. The van der Waals surface area contributed by atoms with Gasteiger partial charge in [0.1, 0.15) is 11.5 Å². The molecule has 9 nitrogen and oxygen atoms in total. The van der Waals surface area contributed by atoms with Crippen LogP contribution in [0.5, 0.6) is 5.75 Å². The first-order valence-electron chi connectivity index (χ1n) is 10.8. The minimum absolute atomic E-state index is 0.00283. The fourth-order valence-corrected chi connectivity index (χ4v) is 4.84. The topological polar surface area (TPSA) is 129 Å². The average molecular weight is 484 g/mol. The van der Waals surface area contributed by atoms with Crippen LogP contribution >= 0.6 is 0 Å². The highest BCUT2D eigenvalue weighted by molar-refractivity contribution is 7.89. The third kappa shape index (κ3) is 5.46. The lowest BCUT2D eigenvalue weighted by Crippen LogP contribution is -2.41. The van der Waals surface area contributed by atoms with Gasteiger partial charge in [0.25, 0.3) is 5.91 Å². The van der Waals surface area contributed by atoms with Crippen molar-refractivity contribution in [2.24, 2.45) is 5.92 Å². The van der Waals surface area contributed by atoms with Crippen LogP contribution in [-0.4, -0.2) is 43.3 Å². The van der Waals surface area contributed by atoms with E-state index in [2.05, 4.69) is 10.0 Å². The molecule has 1 aliphatic heterocycles. The van der Waals surface area contributed by atoms with Crippen molar-refractivity contribution in [3.8, 4) is 5.75 Å². The molecule has 2 amide bonds. The number of anilines is 1. The molecule has 1 fully saturated rings. The Morgan fingerprint density at radius 1 is 1.03 bits per heavy atom. The molecule has 0 atom stereocenters. The highest BCUT2D eigenvalue weighted by atomic mass is 32.2. The molecule has 1 aliphatic rings. The van der Waals surface area contributed by atoms with Crippen LogP contribution in [0, 0.1) is 5.92 Å². The first-order valence-corrected chi connectivity index (χ1v) is 12.3. The molecule has 10 heteroatoms. The standard InChI is InChI=1S/C24H25N3O6S/c28-22-9-2-1-8-21(22)26-23(29)17-10-12-27(13-11-17)24(30)18-5-3-7-20(15-18)34(31,32)25-16-19-6-4-14-33-19/h1-9,14-15,17,25,28H,10-13,16H2,(H,26,29). The Kier molecular flexibility index (Phi) is 6.99. The lowest BCUT2D eigenvalue weighted by Gasteiger charge is -2.31. The zero-order chi connectivity index (χ0) is 24.1. The molecule has 0 bridgehead atoms. The first kappa shape index (κ1) is 23.5. The number of phenolic OH excluding ortho intramolecular Hbond substituents is 1. The van der Waals surface area contributed by atoms with Crippen molar-refractivity contribution >= 4 is 27.5 Å². The van der Waals surface area contributed by atoms with E-state index in [-0.39, 0.29) is 40.5 Å². The molecule has 0 unspecified atom stereocenters. The summed E-state index contributed by atoms with van der Waals surface area (Å²) >= 11 is 0. The second kappa shape index (κ2) is 10.1. The van der Waals surface area contributed by atoms with Crippen LogP contribution in [-0.2, 0) is 21.4 Å². The molecule has 0 radical (unpaired) electrons. The van der Waals surface area contributed by atoms with Gasteiger partial charge in [-0.15, -0.1) is 0 Å². The van der Waals surface area contributed by atoms with Gasteiger partial charge in [0.05, 0.1) is 23.4 Å². The van der Waals surface area contributed by atoms with Crippen molar-refractivity contribution in [3.63, 3.8) is 0 Å². The normalized spacial score (nSPS) is 14.6. The van der Waals surface area contributed by atoms with E-state index in [1.54, 1.807) is 41.3 Å². The Bertz CT molecular complexity index is 1270. The summed E-state index contributed by atoms with van der Waals surface area (Å²) in [6, 6.07) is 15.7. The SMILES string of the molecule is O=C(Nc1ccccc1O)C1CCN(C(=O)c2cccc(S(=O)(=O)NCc3ccco3)c2)CC1. The Hall–Kier alpha value is -3.63. The number of carbonyl (C=O) groups excluding carboxylic acids is 2. The number of nitrogens with zero attached hydrogens (tertiary/aromatic N) is 1. The van der Waals surface area contributed by atoms with Gasteiger partial charge in [0, 0.05) is 24.6 Å².